The van der Waals surface area contributed by atoms with Crippen LogP contribution in [0.15, 0.2) is 53.7 Å². The smallest absolute Gasteiger partial charge is 0.288 e. The van der Waals surface area contributed by atoms with Gasteiger partial charge in [0.05, 0.1) is 24.0 Å². The van der Waals surface area contributed by atoms with Gasteiger partial charge in [-0.25, -0.2) is 4.68 Å². The number of rotatable bonds is 5. The molecule has 2 heterocycles. The highest BCUT2D eigenvalue weighted by Crippen LogP contribution is 2.20. The third-order valence-corrected chi connectivity index (χ3v) is 4.40. The van der Waals surface area contributed by atoms with Crippen molar-refractivity contribution in [3.05, 3.63) is 75.4 Å². The van der Waals surface area contributed by atoms with Crippen LogP contribution in [0.2, 0.25) is 5.02 Å². The highest BCUT2D eigenvalue weighted by molar-refractivity contribution is 6.32. The lowest BCUT2D eigenvalue weighted by Gasteiger charge is -2.21. The van der Waals surface area contributed by atoms with E-state index in [-0.39, 0.29) is 10.6 Å². The predicted octanol–water partition coefficient (Wildman–Crippen LogP) is 3.51. The van der Waals surface area contributed by atoms with Crippen LogP contribution in [0, 0.1) is 0 Å². The summed E-state index contributed by atoms with van der Waals surface area (Å²) in [4.78, 5) is 12.4. The maximum absolute atomic E-state index is 12.4. The Labute approximate surface area is 157 Å². The zero-order valence-electron chi connectivity index (χ0n) is 15.1. The van der Waals surface area contributed by atoms with Crippen molar-refractivity contribution >= 4 is 17.3 Å². The molecule has 0 bridgehead atoms. The van der Waals surface area contributed by atoms with E-state index in [4.69, 9.17) is 11.6 Å². The summed E-state index contributed by atoms with van der Waals surface area (Å²) in [6.45, 7) is 6.96. The van der Waals surface area contributed by atoms with Gasteiger partial charge in [0.2, 0.25) is 0 Å². The van der Waals surface area contributed by atoms with Crippen molar-refractivity contribution in [1.29, 1.82) is 0 Å². The molecule has 136 valence electrons. The summed E-state index contributed by atoms with van der Waals surface area (Å²) in [5.74, 6) is 0. The lowest BCUT2D eigenvalue weighted by molar-refractivity contribution is 0.338. The Hall–Kier alpha value is -2.60. The minimum atomic E-state index is -0.421. The summed E-state index contributed by atoms with van der Waals surface area (Å²) in [5, 5.41) is 11.9. The van der Waals surface area contributed by atoms with Crippen LogP contribution in [0.1, 0.15) is 31.9 Å². The van der Waals surface area contributed by atoms with Gasteiger partial charge in [0.25, 0.3) is 5.56 Å². The molecule has 26 heavy (non-hydrogen) atoms. The molecule has 0 unspecified atom stereocenters. The maximum atomic E-state index is 12.4. The zero-order chi connectivity index (χ0) is 18.7. The van der Waals surface area contributed by atoms with Crippen LogP contribution in [-0.2, 0) is 18.6 Å². The largest absolute Gasteiger partial charge is 0.378 e. The quantitative estimate of drug-likeness (QED) is 0.745. The number of nitrogens with one attached hydrogen (secondary N) is 1. The number of hydrogen-bond acceptors (Lipinski definition) is 4. The summed E-state index contributed by atoms with van der Waals surface area (Å²) in [7, 11) is 0. The topological polar surface area (TPSA) is 64.7 Å². The molecular formula is C19H22ClN5O. The lowest BCUT2D eigenvalue weighted by Crippen LogP contribution is -2.36. The van der Waals surface area contributed by atoms with E-state index < -0.39 is 5.54 Å². The normalized spacial score (nSPS) is 11.5. The number of halogens is 1. The summed E-state index contributed by atoms with van der Waals surface area (Å²) in [6.07, 6.45) is 5.29. The third-order valence-electron chi connectivity index (χ3n) is 4.03. The third kappa shape index (κ3) is 3.96. The monoisotopic (exact) mass is 371 g/mol. The van der Waals surface area contributed by atoms with Gasteiger partial charge in [0.15, 0.2) is 0 Å². The molecule has 0 aliphatic rings. The molecule has 1 N–H and O–H groups in total. The van der Waals surface area contributed by atoms with Gasteiger partial charge in [0.1, 0.15) is 5.02 Å². The molecule has 3 rings (SSSR count). The van der Waals surface area contributed by atoms with E-state index >= 15 is 0 Å². The van der Waals surface area contributed by atoms with Crippen LogP contribution in [-0.4, -0.2) is 19.6 Å². The molecule has 1 aromatic carbocycles. The van der Waals surface area contributed by atoms with E-state index in [0.29, 0.717) is 18.8 Å². The Morgan fingerprint density at radius 1 is 1.12 bits per heavy atom. The van der Waals surface area contributed by atoms with Crippen LogP contribution < -0.4 is 10.9 Å². The predicted molar refractivity (Wildman–Crippen MR) is 104 cm³/mol. The van der Waals surface area contributed by atoms with E-state index in [1.165, 1.54) is 4.68 Å². The van der Waals surface area contributed by atoms with E-state index in [9.17, 15) is 4.79 Å². The maximum Gasteiger partial charge on any atom is 0.288 e. The van der Waals surface area contributed by atoms with Gasteiger partial charge >= 0.3 is 0 Å². The van der Waals surface area contributed by atoms with Gasteiger partial charge in [-0.2, -0.15) is 10.2 Å². The van der Waals surface area contributed by atoms with Crippen molar-refractivity contribution in [2.45, 2.75) is 39.4 Å². The van der Waals surface area contributed by atoms with Crippen molar-refractivity contribution in [2.24, 2.45) is 0 Å². The molecule has 0 amide bonds. The molecule has 7 heteroatoms. The first-order valence-electron chi connectivity index (χ1n) is 8.42. The Morgan fingerprint density at radius 2 is 1.85 bits per heavy atom. The van der Waals surface area contributed by atoms with Crippen molar-refractivity contribution < 1.29 is 0 Å². The van der Waals surface area contributed by atoms with Gasteiger partial charge < -0.3 is 5.32 Å². The average Bonchev–Trinajstić information content (AvgIpc) is 3.09. The lowest BCUT2D eigenvalue weighted by atomic mass is 10.1. The molecule has 0 aliphatic carbocycles. The zero-order valence-corrected chi connectivity index (χ0v) is 15.9. The minimum Gasteiger partial charge on any atom is -0.378 e. The van der Waals surface area contributed by atoms with Crippen LogP contribution in [0.25, 0.3) is 0 Å². The number of anilines is 1. The second kappa shape index (κ2) is 7.33. The summed E-state index contributed by atoms with van der Waals surface area (Å²) >= 11 is 6.28. The second-order valence-corrected chi connectivity index (χ2v) is 7.46. The van der Waals surface area contributed by atoms with Crippen molar-refractivity contribution in [1.82, 2.24) is 19.6 Å². The number of hydrogen-bond donors (Lipinski definition) is 1. The van der Waals surface area contributed by atoms with Gasteiger partial charge in [0, 0.05) is 18.9 Å². The molecule has 0 radical (unpaired) electrons. The van der Waals surface area contributed by atoms with Gasteiger partial charge in [-0.3, -0.25) is 9.48 Å². The van der Waals surface area contributed by atoms with Crippen LogP contribution in [0.3, 0.4) is 0 Å². The first-order valence-corrected chi connectivity index (χ1v) is 8.80. The fourth-order valence-corrected chi connectivity index (χ4v) is 2.87. The van der Waals surface area contributed by atoms with Crippen molar-refractivity contribution in [2.75, 3.05) is 5.32 Å². The molecule has 0 saturated carbocycles. The first kappa shape index (κ1) is 18.2. The minimum absolute atomic E-state index is 0.152. The summed E-state index contributed by atoms with van der Waals surface area (Å²) < 4.78 is 3.27. The molecule has 0 atom stereocenters. The van der Waals surface area contributed by atoms with E-state index in [1.54, 1.807) is 12.4 Å². The van der Waals surface area contributed by atoms with E-state index in [2.05, 4.69) is 21.6 Å². The molecular weight excluding hydrogens is 350 g/mol. The molecule has 3 aromatic rings. The van der Waals surface area contributed by atoms with Crippen molar-refractivity contribution in [3.63, 3.8) is 0 Å². The van der Waals surface area contributed by atoms with Gasteiger partial charge in [-0.15, -0.1) is 0 Å². The van der Waals surface area contributed by atoms with Gasteiger partial charge in [-0.1, -0.05) is 35.9 Å². The van der Waals surface area contributed by atoms with Gasteiger partial charge in [-0.05, 0) is 38.0 Å². The SMILES string of the molecule is CC(C)(C)n1ncc(NCc2ccccc2Cn2cccn2)c(Cl)c1=O. The summed E-state index contributed by atoms with van der Waals surface area (Å²) in [6, 6.07) is 10.00. The number of aromatic nitrogens is 4. The van der Waals surface area contributed by atoms with Crippen molar-refractivity contribution in [3.8, 4) is 0 Å². The number of benzene rings is 1. The van der Waals surface area contributed by atoms with E-state index in [1.807, 2.05) is 55.9 Å². The Kier molecular flexibility index (Phi) is 5.13. The Balaban J connectivity index is 1.80. The standard InChI is InChI=1S/C19H22ClN5O/c1-19(2,3)25-18(26)17(20)16(12-23-25)21-11-14-7-4-5-8-15(14)13-24-10-6-9-22-24/h4-10,12,21H,11,13H2,1-3H3. The highest BCUT2D eigenvalue weighted by atomic mass is 35.5. The van der Waals surface area contributed by atoms with E-state index in [0.717, 1.165) is 11.1 Å². The molecule has 6 nitrogen and oxygen atoms in total. The first-order chi connectivity index (χ1) is 12.4. The molecule has 0 saturated heterocycles. The van der Waals surface area contributed by atoms with Crippen LogP contribution in [0.4, 0.5) is 5.69 Å². The summed E-state index contributed by atoms with van der Waals surface area (Å²) in [5.41, 5.74) is 2.07. The fraction of sp³-hybridized carbons (Fsp3) is 0.316. The molecule has 2 aromatic heterocycles. The fourth-order valence-electron chi connectivity index (χ4n) is 2.68. The Morgan fingerprint density at radius 3 is 2.50 bits per heavy atom. The van der Waals surface area contributed by atoms with Crippen LogP contribution >= 0.6 is 11.6 Å². The average molecular weight is 372 g/mol. The van der Waals surface area contributed by atoms with Crippen LogP contribution in [0.5, 0.6) is 0 Å². The highest BCUT2D eigenvalue weighted by Gasteiger charge is 2.19. The molecule has 0 spiro atoms. The number of nitrogens with zero attached hydrogens (tertiary/aromatic N) is 4. The second-order valence-electron chi connectivity index (χ2n) is 7.09. The molecule has 0 aliphatic heterocycles. The molecule has 0 fully saturated rings. The Bertz CT molecular complexity index is 941.